The van der Waals surface area contributed by atoms with E-state index in [1.165, 1.54) is 5.56 Å². The van der Waals surface area contributed by atoms with Gasteiger partial charge >= 0.3 is 5.97 Å². The van der Waals surface area contributed by atoms with Crippen LogP contribution in [0.4, 0.5) is 0 Å². The van der Waals surface area contributed by atoms with Crippen molar-refractivity contribution in [2.75, 3.05) is 0 Å². The first-order valence-electron chi connectivity index (χ1n) is 9.32. The van der Waals surface area contributed by atoms with Crippen LogP contribution in [0.1, 0.15) is 27.0 Å². The molecule has 0 aliphatic rings. The predicted octanol–water partition coefficient (Wildman–Crippen LogP) is 3.90. The molecule has 1 amide bonds. The van der Waals surface area contributed by atoms with E-state index in [0.29, 0.717) is 5.56 Å². The smallest absolute Gasteiger partial charge is 0.326 e. The fourth-order valence-corrected chi connectivity index (χ4v) is 3.05. The van der Waals surface area contributed by atoms with Gasteiger partial charge in [-0.15, -0.1) is 0 Å². The topological polar surface area (TPSA) is 66.4 Å². The summed E-state index contributed by atoms with van der Waals surface area (Å²) in [7, 11) is 0. The Morgan fingerprint density at radius 2 is 1.21 bits per heavy atom. The van der Waals surface area contributed by atoms with Gasteiger partial charge in [-0.05, 0) is 41.7 Å². The van der Waals surface area contributed by atoms with Gasteiger partial charge in [0.15, 0.2) is 0 Å². The first-order chi connectivity index (χ1) is 13.6. The summed E-state index contributed by atoms with van der Waals surface area (Å²) in [4.78, 5) is 24.0. The summed E-state index contributed by atoms with van der Waals surface area (Å²) in [5, 5.41) is 12.1. The Hall–Kier alpha value is -3.40. The largest absolute Gasteiger partial charge is 0.480 e. The van der Waals surface area contributed by atoms with E-state index in [2.05, 4.69) is 17.4 Å². The molecule has 0 bridgehead atoms. The highest BCUT2D eigenvalue weighted by Gasteiger charge is 2.21. The van der Waals surface area contributed by atoms with Gasteiger partial charge < -0.3 is 10.4 Å². The fraction of sp³-hybridized carbons (Fsp3) is 0.167. The first-order valence-corrected chi connectivity index (χ1v) is 9.32. The molecule has 3 rings (SSSR count). The Morgan fingerprint density at radius 3 is 1.75 bits per heavy atom. The van der Waals surface area contributed by atoms with Gasteiger partial charge in [-0.2, -0.15) is 0 Å². The molecule has 0 heterocycles. The fourth-order valence-electron chi connectivity index (χ4n) is 3.05. The van der Waals surface area contributed by atoms with Crippen molar-refractivity contribution >= 4 is 11.9 Å². The number of carbonyl (C=O) groups is 2. The van der Waals surface area contributed by atoms with Crippen molar-refractivity contribution in [1.82, 2.24) is 5.32 Å². The van der Waals surface area contributed by atoms with Crippen molar-refractivity contribution in [1.29, 1.82) is 0 Å². The molecule has 0 saturated carbocycles. The molecule has 0 radical (unpaired) electrons. The number of carbonyl (C=O) groups excluding carboxylic acids is 1. The third-order valence-corrected chi connectivity index (χ3v) is 4.65. The quantitative estimate of drug-likeness (QED) is 0.629. The van der Waals surface area contributed by atoms with Gasteiger partial charge in [-0.25, -0.2) is 4.79 Å². The summed E-state index contributed by atoms with van der Waals surface area (Å²) < 4.78 is 0. The molecule has 4 nitrogen and oxygen atoms in total. The van der Waals surface area contributed by atoms with Gasteiger partial charge in [-0.3, -0.25) is 4.79 Å². The van der Waals surface area contributed by atoms with Crippen LogP contribution in [-0.2, 0) is 24.1 Å². The second kappa shape index (κ2) is 9.51. The average Bonchev–Trinajstić information content (AvgIpc) is 2.73. The maximum absolute atomic E-state index is 12.5. The minimum Gasteiger partial charge on any atom is -0.480 e. The van der Waals surface area contributed by atoms with Crippen LogP contribution < -0.4 is 5.32 Å². The van der Waals surface area contributed by atoms with Crippen molar-refractivity contribution in [2.45, 2.75) is 25.3 Å². The Bertz CT molecular complexity index is 906. The molecular weight excluding hydrogens is 350 g/mol. The molecule has 4 heteroatoms. The third-order valence-electron chi connectivity index (χ3n) is 4.65. The number of hydrogen-bond donors (Lipinski definition) is 2. The van der Waals surface area contributed by atoms with Crippen LogP contribution in [0.5, 0.6) is 0 Å². The molecule has 0 spiro atoms. The maximum Gasteiger partial charge on any atom is 0.326 e. The minimum atomic E-state index is -1.04. The van der Waals surface area contributed by atoms with Crippen molar-refractivity contribution < 1.29 is 14.7 Å². The minimum absolute atomic E-state index is 0.247. The Balaban J connectivity index is 1.59. The van der Waals surface area contributed by atoms with Crippen LogP contribution in [0.2, 0.25) is 0 Å². The molecule has 1 atom stereocenters. The molecule has 0 aliphatic heterocycles. The van der Waals surface area contributed by atoms with Crippen LogP contribution in [0.15, 0.2) is 84.9 Å². The summed E-state index contributed by atoms with van der Waals surface area (Å²) >= 11 is 0. The van der Waals surface area contributed by atoms with Crippen LogP contribution >= 0.6 is 0 Å². The first kappa shape index (κ1) is 19.4. The van der Waals surface area contributed by atoms with Crippen molar-refractivity contribution in [3.8, 4) is 0 Å². The second-order valence-corrected chi connectivity index (χ2v) is 6.74. The molecular formula is C24H23NO3. The van der Waals surface area contributed by atoms with Gasteiger partial charge in [0.1, 0.15) is 6.04 Å². The lowest BCUT2D eigenvalue weighted by Crippen LogP contribution is -2.42. The zero-order chi connectivity index (χ0) is 19.8. The highest BCUT2D eigenvalue weighted by molar-refractivity contribution is 5.96. The van der Waals surface area contributed by atoms with E-state index in [0.717, 1.165) is 24.0 Å². The lowest BCUT2D eigenvalue weighted by Gasteiger charge is -2.15. The number of carboxylic acids is 1. The normalized spacial score (nSPS) is 11.6. The predicted molar refractivity (Wildman–Crippen MR) is 109 cm³/mol. The summed E-state index contributed by atoms with van der Waals surface area (Å²) in [6.07, 6.45) is 2.07. The van der Waals surface area contributed by atoms with Gasteiger partial charge in [-0.1, -0.05) is 72.8 Å². The van der Waals surface area contributed by atoms with E-state index < -0.39 is 12.0 Å². The van der Waals surface area contributed by atoms with E-state index in [-0.39, 0.29) is 12.3 Å². The molecule has 2 N–H and O–H groups in total. The zero-order valence-corrected chi connectivity index (χ0v) is 15.5. The molecule has 3 aromatic carbocycles. The van der Waals surface area contributed by atoms with E-state index in [4.69, 9.17) is 0 Å². The van der Waals surface area contributed by atoms with Gasteiger partial charge in [0.25, 0.3) is 5.91 Å². The van der Waals surface area contributed by atoms with Crippen molar-refractivity contribution in [3.05, 3.63) is 107 Å². The standard InChI is InChI=1S/C24H23NO3/c26-23(25-22(24(27)28)17-20-9-5-2-6-10-20)21-15-13-19(14-16-21)12-11-18-7-3-1-4-8-18/h1-10,13-16,22H,11-12,17H2,(H,25,26)(H,27,28)/t22-/m0/s1. The number of benzene rings is 3. The zero-order valence-electron chi connectivity index (χ0n) is 15.5. The van der Waals surface area contributed by atoms with Crippen LogP contribution in [0, 0.1) is 0 Å². The molecule has 142 valence electrons. The van der Waals surface area contributed by atoms with E-state index in [1.54, 1.807) is 12.1 Å². The Kier molecular flexibility index (Phi) is 6.58. The maximum atomic E-state index is 12.5. The SMILES string of the molecule is O=C(N[C@@H](Cc1ccccc1)C(=O)O)c1ccc(CCc2ccccc2)cc1. The lowest BCUT2D eigenvalue weighted by molar-refractivity contribution is -0.139. The highest BCUT2D eigenvalue weighted by atomic mass is 16.4. The Labute approximate surface area is 164 Å². The Morgan fingerprint density at radius 1 is 0.714 bits per heavy atom. The van der Waals surface area contributed by atoms with Crippen LogP contribution in [0.25, 0.3) is 0 Å². The summed E-state index contributed by atoms with van der Waals surface area (Å²) in [5.41, 5.74) is 3.74. The molecule has 0 fully saturated rings. The molecule has 0 saturated heterocycles. The number of amides is 1. The molecule has 0 aromatic heterocycles. The molecule has 3 aromatic rings. The number of aryl methyl sites for hydroxylation is 2. The summed E-state index contributed by atoms with van der Waals surface area (Å²) in [6, 6.07) is 25.9. The number of aliphatic carboxylic acids is 1. The summed E-state index contributed by atoms with van der Waals surface area (Å²) in [6.45, 7) is 0. The van der Waals surface area contributed by atoms with Crippen molar-refractivity contribution in [2.24, 2.45) is 0 Å². The second-order valence-electron chi connectivity index (χ2n) is 6.74. The van der Waals surface area contributed by atoms with E-state index in [9.17, 15) is 14.7 Å². The van der Waals surface area contributed by atoms with E-state index >= 15 is 0 Å². The molecule has 0 aliphatic carbocycles. The highest BCUT2D eigenvalue weighted by Crippen LogP contribution is 2.10. The van der Waals surface area contributed by atoms with Gasteiger partial charge in [0.2, 0.25) is 0 Å². The average molecular weight is 373 g/mol. The van der Waals surface area contributed by atoms with E-state index in [1.807, 2.05) is 60.7 Å². The lowest BCUT2D eigenvalue weighted by atomic mass is 10.0. The van der Waals surface area contributed by atoms with Gasteiger partial charge in [0.05, 0.1) is 0 Å². The molecule has 0 unspecified atom stereocenters. The van der Waals surface area contributed by atoms with Crippen molar-refractivity contribution in [3.63, 3.8) is 0 Å². The number of hydrogen-bond acceptors (Lipinski definition) is 2. The van der Waals surface area contributed by atoms with Gasteiger partial charge in [0, 0.05) is 12.0 Å². The number of rotatable bonds is 8. The summed E-state index contributed by atoms with van der Waals surface area (Å²) in [5.74, 6) is -1.42. The third kappa shape index (κ3) is 5.55. The monoisotopic (exact) mass is 373 g/mol. The number of nitrogens with one attached hydrogen (secondary N) is 1. The van der Waals surface area contributed by atoms with Crippen LogP contribution in [-0.4, -0.2) is 23.0 Å². The number of carboxylic acid groups (broad SMARTS) is 1. The van der Waals surface area contributed by atoms with Crippen LogP contribution in [0.3, 0.4) is 0 Å². The molecule has 28 heavy (non-hydrogen) atoms.